The molecule has 3 nitrogen and oxygen atoms in total. The van der Waals surface area contributed by atoms with Crippen LogP contribution in [0.3, 0.4) is 0 Å². The summed E-state index contributed by atoms with van der Waals surface area (Å²) >= 11 is 0. The van der Waals surface area contributed by atoms with Gasteiger partial charge in [-0.3, -0.25) is 4.57 Å². The van der Waals surface area contributed by atoms with E-state index in [0.717, 1.165) is 25.7 Å². The number of aromatic nitrogens is 2. The van der Waals surface area contributed by atoms with Crippen molar-refractivity contribution in [2.75, 3.05) is 0 Å². The molecule has 2 aromatic rings. The maximum absolute atomic E-state index is 13.5. The van der Waals surface area contributed by atoms with Gasteiger partial charge in [-0.15, -0.1) is 0 Å². The second-order valence-electron chi connectivity index (χ2n) is 4.37. The molecule has 0 spiro atoms. The maximum Gasteiger partial charge on any atom is 0.326 e. The van der Waals surface area contributed by atoms with E-state index >= 15 is 0 Å². The Bertz CT molecular complexity index is 578. The zero-order valence-electron chi connectivity index (χ0n) is 8.87. The van der Waals surface area contributed by atoms with Crippen LogP contribution in [0.2, 0.25) is 0 Å². The molecule has 1 aromatic carbocycles. The van der Waals surface area contributed by atoms with Crippen LogP contribution in [0.15, 0.2) is 23.0 Å². The first-order chi connectivity index (χ1) is 7.77. The highest BCUT2D eigenvalue weighted by atomic mass is 19.1. The van der Waals surface area contributed by atoms with E-state index in [0.29, 0.717) is 11.0 Å². The van der Waals surface area contributed by atoms with Crippen molar-refractivity contribution in [2.24, 2.45) is 0 Å². The molecule has 0 amide bonds. The summed E-state index contributed by atoms with van der Waals surface area (Å²) in [6, 6.07) is 5.06. The second-order valence-corrected chi connectivity index (χ2v) is 4.37. The molecule has 1 aromatic heterocycles. The summed E-state index contributed by atoms with van der Waals surface area (Å²) < 4.78 is 15.2. The Balaban J connectivity index is 2.27. The number of hydrogen-bond acceptors (Lipinski definition) is 1. The molecule has 0 aliphatic heterocycles. The Kier molecular flexibility index (Phi) is 2.09. The van der Waals surface area contributed by atoms with Crippen molar-refractivity contribution in [2.45, 2.75) is 31.7 Å². The fraction of sp³-hybridized carbons (Fsp3) is 0.417. The highest BCUT2D eigenvalue weighted by molar-refractivity contribution is 5.75. The van der Waals surface area contributed by atoms with Crippen LogP contribution in [0, 0.1) is 5.82 Å². The molecule has 1 N–H and O–H groups in total. The number of H-pyrrole nitrogens is 1. The number of aromatic amines is 1. The normalized spacial score (nSPS) is 17.3. The van der Waals surface area contributed by atoms with Crippen LogP contribution in [-0.4, -0.2) is 9.55 Å². The highest BCUT2D eigenvalue weighted by Gasteiger charge is 2.21. The summed E-state index contributed by atoms with van der Waals surface area (Å²) in [5, 5.41) is 0. The van der Waals surface area contributed by atoms with Gasteiger partial charge in [-0.05, 0) is 25.0 Å². The molecule has 3 rings (SSSR count). The van der Waals surface area contributed by atoms with Gasteiger partial charge >= 0.3 is 5.69 Å². The lowest BCUT2D eigenvalue weighted by molar-refractivity contribution is 0.518. The van der Waals surface area contributed by atoms with Gasteiger partial charge in [0.2, 0.25) is 0 Å². The lowest BCUT2D eigenvalue weighted by Crippen LogP contribution is -2.20. The first-order valence-corrected chi connectivity index (χ1v) is 5.66. The first kappa shape index (κ1) is 9.63. The third kappa shape index (κ3) is 1.29. The number of imidazole rings is 1. The van der Waals surface area contributed by atoms with Gasteiger partial charge in [-0.2, -0.15) is 0 Å². The first-order valence-electron chi connectivity index (χ1n) is 5.66. The molecule has 0 bridgehead atoms. The predicted molar refractivity (Wildman–Crippen MR) is 60.0 cm³/mol. The molecule has 1 fully saturated rings. The average molecular weight is 220 g/mol. The Morgan fingerprint density at radius 2 is 2.06 bits per heavy atom. The van der Waals surface area contributed by atoms with E-state index in [1.54, 1.807) is 16.7 Å². The van der Waals surface area contributed by atoms with Crippen molar-refractivity contribution < 1.29 is 4.39 Å². The van der Waals surface area contributed by atoms with Crippen LogP contribution in [-0.2, 0) is 0 Å². The third-order valence-corrected chi connectivity index (χ3v) is 3.39. The van der Waals surface area contributed by atoms with Crippen molar-refractivity contribution in [1.82, 2.24) is 9.55 Å². The minimum absolute atomic E-state index is 0.188. The molecule has 1 heterocycles. The van der Waals surface area contributed by atoms with Crippen molar-refractivity contribution in [3.05, 3.63) is 34.5 Å². The Hall–Kier alpha value is -1.58. The van der Waals surface area contributed by atoms with Gasteiger partial charge in [-0.1, -0.05) is 18.9 Å². The molecule has 1 saturated carbocycles. The second kappa shape index (κ2) is 3.47. The van der Waals surface area contributed by atoms with Gasteiger partial charge in [0.25, 0.3) is 0 Å². The van der Waals surface area contributed by atoms with Gasteiger partial charge in [0.1, 0.15) is 11.3 Å². The Morgan fingerprint density at radius 3 is 2.81 bits per heavy atom. The molecule has 84 valence electrons. The lowest BCUT2D eigenvalue weighted by Gasteiger charge is -2.10. The molecule has 4 heteroatoms. The number of benzene rings is 1. The maximum atomic E-state index is 13.5. The van der Waals surface area contributed by atoms with Crippen LogP contribution in [0.25, 0.3) is 11.0 Å². The molecule has 1 aliphatic rings. The minimum atomic E-state index is -0.355. The van der Waals surface area contributed by atoms with E-state index in [1.165, 1.54) is 6.07 Å². The SMILES string of the molecule is O=c1[nH]c2c(F)cccc2n1C1CCCC1. The molecule has 16 heavy (non-hydrogen) atoms. The summed E-state index contributed by atoms with van der Waals surface area (Å²) in [7, 11) is 0. The van der Waals surface area contributed by atoms with E-state index in [1.807, 2.05) is 0 Å². The van der Waals surface area contributed by atoms with E-state index < -0.39 is 0 Å². The molecular weight excluding hydrogens is 207 g/mol. The molecule has 0 atom stereocenters. The van der Waals surface area contributed by atoms with E-state index in [9.17, 15) is 9.18 Å². The number of fused-ring (bicyclic) bond motifs is 1. The largest absolute Gasteiger partial charge is 0.326 e. The summed E-state index contributed by atoms with van der Waals surface area (Å²) in [5.41, 5.74) is 0.836. The summed E-state index contributed by atoms with van der Waals surface area (Å²) in [6.07, 6.45) is 4.34. The third-order valence-electron chi connectivity index (χ3n) is 3.39. The number of nitrogens with one attached hydrogen (secondary N) is 1. The molecular formula is C12H13FN2O. The lowest BCUT2D eigenvalue weighted by atomic mass is 10.2. The fourth-order valence-electron chi connectivity index (χ4n) is 2.64. The number of halogens is 1. The van der Waals surface area contributed by atoms with Crippen molar-refractivity contribution >= 4 is 11.0 Å². The Morgan fingerprint density at radius 1 is 1.31 bits per heavy atom. The quantitative estimate of drug-likeness (QED) is 0.788. The molecule has 0 unspecified atom stereocenters. The summed E-state index contributed by atoms with van der Waals surface area (Å²) in [5.74, 6) is -0.355. The van der Waals surface area contributed by atoms with Crippen molar-refractivity contribution in [3.63, 3.8) is 0 Å². The number of hydrogen-bond donors (Lipinski definition) is 1. The van der Waals surface area contributed by atoms with Gasteiger partial charge in [-0.25, -0.2) is 9.18 Å². The predicted octanol–water partition coefficient (Wildman–Crippen LogP) is 2.58. The van der Waals surface area contributed by atoms with Crippen LogP contribution < -0.4 is 5.69 Å². The zero-order chi connectivity index (χ0) is 11.1. The van der Waals surface area contributed by atoms with Gasteiger partial charge in [0.05, 0.1) is 5.52 Å². The topological polar surface area (TPSA) is 37.8 Å². The number of rotatable bonds is 1. The highest BCUT2D eigenvalue weighted by Crippen LogP contribution is 2.30. The van der Waals surface area contributed by atoms with Gasteiger partial charge in [0.15, 0.2) is 0 Å². The van der Waals surface area contributed by atoms with Crippen LogP contribution in [0.5, 0.6) is 0 Å². The minimum Gasteiger partial charge on any atom is -0.303 e. The van der Waals surface area contributed by atoms with E-state index in [2.05, 4.69) is 4.98 Å². The summed E-state index contributed by atoms with van der Waals surface area (Å²) in [4.78, 5) is 14.4. The summed E-state index contributed by atoms with van der Waals surface area (Å²) in [6.45, 7) is 0. The van der Waals surface area contributed by atoms with Crippen molar-refractivity contribution in [3.8, 4) is 0 Å². The van der Waals surface area contributed by atoms with Gasteiger partial charge in [0, 0.05) is 6.04 Å². The number of nitrogens with zero attached hydrogens (tertiary/aromatic N) is 1. The van der Waals surface area contributed by atoms with E-state index in [-0.39, 0.29) is 17.5 Å². The molecule has 0 radical (unpaired) electrons. The number of para-hydroxylation sites is 1. The van der Waals surface area contributed by atoms with Crippen molar-refractivity contribution in [1.29, 1.82) is 0 Å². The molecule has 1 aliphatic carbocycles. The fourth-order valence-corrected chi connectivity index (χ4v) is 2.64. The van der Waals surface area contributed by atoms with Crippen LogP contribution >= 0.6 is 0 Å². The van der Waals surface area contributed by atoms with Crippen LogP contribution in [0.1, 0.15) is 31.7 Å². The van der Waals surface area contributed by atoms with E-state index in [4.69, 9.17) is 0 Å². The molecule has 0 saturated heterocycles. The average Bonchev–Trinajstić information content (AvgIpc) is 2.85. The zero-order valence-corrected chi connectivity index (χ0v) is 8.87. The van der Waals surface area contributed by atoms with Crippen LogP contribution in [0.4, 0.5) is 4.39 Å². The Labute approximate surface area is 91.9 Å². The monoisotopic (exact) mass is 220 g/mol. The standard InChI is InChI=1S/C12H13FN2O/c13-9-6-3-7-10-11(9)14-12(16)15(10)8-4-1-2-5-8/h3,6-8H,1-2,4-5H2,(H,14,16). The van der Waals surface area contributed by atoms with Gasteiger partial charge < -0.3 is 4.98 Å². The smallest absolute Gasteiger partial charge is 0.303 e.